The van der Waals surface area contributed by atoms with Gasteiger partial charge in [-0.25, -0.2) is 0 Å². The van der Waals surface area contributed by atoms with Gasteiger partial charge < -0.3 is 4.74 Å². The van der Waals surface area contributed by atoms with Crippen LogP contribution in [0, 0.1) is 17.3 Å². The largest absolute Gasteiger partial charge is 0.500 e. The van der Waals surface area contributed by atoms with Gasteiger partial charge in [0, 0.05) is 11.5 Å². The smallest absolute Gasteiger partial charge is 0.179 e. The Morgan fingerprint density at radius 3 is 2.17 bits per heavy atom. The summed E-state index contributed by atoms with van der Waals surface area (Å²) in [6.45, 7) is 8.37. The van der Waals surface area contributed by atoms with Crippen molar-refractivity contribution in [2.45, 2.75) is 34.6 Å². The zero-order valence-corrected chi connectivity index (χ0v) is 11.8. The molecule has 4 heteroatoms. The van der Waals surface area contributed by atoms with Crippen LogP contribution >= 0.6 is 0 Å². The summed E-state index contributed by atoms with van der Waals surface area (Å²) in [7, 11) is 1.44. The summed E-state index contributed by atoms with van der Waals surface area (Å²) >= 11 is 0. The monoisotopic (exact) mass is 252 g/mol. The molecule has 0 aliphatic heterocycles. The summed E-state index contributed by atoms with van der Waals surface area (Å²) < 4.78 is 5.17. The topological polar surface area (TPSA) is 60.4 Å². The Morgan fingerprint density at radius 1 is 1.28 bits per heavy atom. The van der Waals surface area contributed by atoms with Crippen molar-refractivity contribution >= 4 is 17.3 Å². The maximum atomic E-state index is 12.4. The fourth-order valence-corrected chi connectivity index (χ4v) is 2.39. The Bertz CT molecular complexity index is 441. The van der Waals surface area contributed by atoms with Crippen molar-refractivity contribution < 1.29 is 19.1 Å². The molecule has 0 aromatic heterocycles. The third-order valence-electron chi connectivity index (χ3n) is 3.48. The third kappa shape index (κ3) is 2.00. The van der Waals surface area contributed by atoms with Crippen LogP contribution in [0.2, 0.25) is 0 Å². The van der Waals surface area contributed by atoms with Crippen LogP contribution in [0.3, 0.4) is 0 Å². The molecule has 1 aliphatic rings. The normalized spacial score (nSPS) is 23.6. The second-order valence-corrected chi connectivity index (χ2v) is 5.50. The van der Waals surface area contributed by atoms with E-state index in [0.29, 0.717) is 11.3 Å². The third-order valence-corrected chi connectivity index (χ3v) is 3.48. The molecule has 0 unspecified atom stereocenters. The fourth-order valence-electron chi connectivity index (χ4n) is 2.39. The van der Waals surface area contributed by atoms with Gasteiger partial charge in [0.2, 0.25) is 0 Å². The number of carbonyl (C=O) groups excluding carboxylic acids is 3. The molecule has 0 N–H and O–H groups in total. The van der Waals surface area contributed by atoms with Gasteiger partial charge in [0.05, 0.1) is 12.5 Å². The quantitative estimate of drug-likeness (QED) is 0.720. The number of hydrogen-bond acceptors (Lipinski definition) is 4. The van der Waals surface area contributed by atoms with E-state index < -0.39 is 17.1 Å². The molecule has 1 rings (SSSR count). The van der Waals surface area contributed by atoms with Gasteiger partial charge in [-0.05, 0) is 20.8 Å². The average molecular weight is 252 g/mol. The first-order chi connectivity index (χ1) is 8.16. The highest BCUT2D eigenvalue weighted by Crippen LogP contribution is 2.39. The molecule has 0 heterocycles. The molecule has 0 saturated carbocycles. The summed E-state index contributed by atoms with van der Waals surface area (Å²) in [6, 6.07) is 0. The number of carbonyl (C=O) groups is 3. The summed E-state index contributed by atoms with van der Waals surface area (Å²) in [4.78, 5) is 36.6. The first-order valence-corrected chi connectivity index (χ1v) is 6.03. The number of methoxy groups -OCH3 is 1. The number of allylic oxidation sites excluding steroid dienone is 2. The van der Waals surface area contributed by atoms with Crippen molar-refractivity contribution in [3.8, 4) is 0 Å². The van der Waals surface area contributed by atoms with E-state index in [1.54, 1.807) is 34.6 Å². The molecule has 18 heavy (non-hydrogen) atoms. The molecule has 0 saturated heterocycles. The second kappa shape index (κ2) is 4.67. The molecule has 0 aromatic carbocycles. The predicted molar refractivity (Wildman–Crippen MR) is 66.8 cm³/mol. The van der Waals surface area contributed by atoms with Crippen molar-refractivity contribution in [1.29, 1.82) is 0 Å². The van der Waals surface area contributed by atoms with E-state index in [1.807, 2.05) is 0 Å². The lowest BCUT2D eigenvalue weighted by atomic mass is 9.68. The molecule has 1 aliphatic carbocycles. The number of ketones is 3. The Balaban J connectivity index is 3.38. The molecule has 0 radical (unpaired) electrons. The van der Waals surface area contributed by atoms with Gasteiger partial charge in [-0.1, -0.05) is 13.8 Å². The minimum Gasteiger partial charge on any atom is -0.500 e. The Morgan fingerprint density at radius 2 is 1.78 bits per heavy atom. The van der Waals surface area contributed by atoms with Crippen molar-refractivity contribution in [3.63, 3.8) is 0 Å². The molecular weight excluding hydrogens is 232 g/mol. The lowest BCUT2D eigenvalue weighted by molar-refractivity contribution is -0.145. The highest BCUT2D eigenvalue weighted by atomic mass is 16.5. The summed E-state index contributed by atoms with van der Waals surface area (Å²) in [6.07, 6.45) is 0. The minimum atomic E-state index is -1.17. The average Bonchev–Trinajstić information content (AvgIpc) is 2.27. The number of ether oxygens (including phenoxy) is 1. The van der Waals surface area contributed by atoms with E-state index in [2.05, 4.69) is 0 Å². The van der Waals surface area contributed by atoms with Gasteiger partial charge in [-0.2, -0.15) is 0 Å². The number of Topliss-reactive ketones (excluding diaryl/α,β-unsaturated/α-hetero) is 3. The van der Waals surface area contributed by atoms with Crippen molar-refractivity contribution in [2.75, 3.05) is 7.11 Å². The molecular formula is C14H20O4. The highest BCUT2D eigenvalue weighted by Gasteiger charge is 2.50. The van der Waals surface area contributed by atoms with Crippen molar-refractivity contribution in [1.82, 2.24) is 0 Å². The van der Waals surface area contributed by atoms with Crippen LogP contribution in [0.1, 0.15) is 34.6 Å². The van der Waals surface area contributed by atoms with E-state index in [9.17, 15) is 14.4 Å². The van der Waals surface area contributed by atoms with E-state index in [1.165, 1.54) is 7.11 Å². The Labute approximate surface area is 107 Å². The molecule has 1 atom stereocenters. The Kier molecular flexibility index (Phi) is 3.79. The van der Waals surface area contributed by atoms with Crippen LogP contribution in [0.4, 0.5) is 0 Å². The number of rotatable bonds is 3. The fraction of sp³-hybridized carbons (Fsp3) is 0.643. The zero-order chi connectivity index (χ0) is 14.2. The SMILES string of the molecule is COC1=C(C)C(=O)[C@@H](C(=O)C(C)C)C(=O)C1(C)C. The molecule has 0 fully saturated rings. The number of hydrogen-bond donors (Lipinski definition) is 0. The zero-order valence-electron chi connectivity index (χ0n) is 11.8. The van der Waals surface area contributed by atoms with E-state index in [-0.39, 0.29) is 17.5 Å². The summed E-state index contributed by atoms with van der Waals surface area (Å²) in [5.74, 6) is -2.24. The van der Waals surface area contributed by atoms with Gasteiger partial charge in [0.1, 0.15) is 11.7 Å². The van der Waals surface area contributed by atoms with Gasteiger partial charge in [-0.15, -0.1) is 0 Å². The lowest BCUT2D eigenvalue weighted by Gasteiger charge is -2.34. The molecule has 4 nitrogen and oxygen atoms in total. The maximum Gasteiger partial charge on any atom is 0.179 e. The van der Waals surface area contributed by atoms with Gasteiger partial charge in [0.25, 0.3) is 0 Å². The van der Waals surface area contributed by atoms with Crippen molar-refractivity contribution in [3.05, 3.63) is 11.3 Å². The summed E-state index contributed by atoms with van der Waals surface area (Å²) in [5, 5.41) is 0. The van der Waals surface area contributed by atoms with Crippen LogP contribution in [0.25, 0.3) is 0 Å². The molecule has 100 valence electrons. The van der Waals surface area contributed by atoms with E-state index >= 15 is 0 Å². The Hall–Kier alpha value is -1.45. The molecule has 0 spiro atoms. The minimum absolute atomic E-state index is 0.312. The van der Waals surface area contributed by atoms with Gasteiger partial charge in [0.15, 0.2) is 17.3 Å². The second-order valence-electron chi connectivity index (χ2n) is 5.50. The van der Waals surface area contributed by atoms with E-state index in [0.717, 1.165) is 0 Å². The van der Waals surface area contributed by atoms with Gasteiger partial charge in [-0.3, -0.25) is 14.4 Å². The van der Waals surface area contributed by atoms with Gasteiger partial charge >= 0.3 is 0 Å². The molecule has 0 bridgehead atoms. The van der Waals surface area contributed by atoms with Crippen LogP contribution in [0.5, 0.6) is 0 Å². The first-order valence-electron chi connectivity index (χ1n) is 6.03. The molecule has 0 amide bonds. The highest BCUT2D eigenvalue weighted by molar-refractivity contribution is 6.27. The lowest BCUT2D eigenvalue weighted by Crippen LogP contribution is -2.47. The van der Waals surface area contributed by atoms with Crippen LogP contribution in [-0.4, -0.2) is 24.5 Å². The van der Waals surface area contributed by atoms with E-state index in [4.69, 9.17) is 4.74 Å². The molecule has 0 aromatic rings. The van der Waals surface area contributed by atoms with Crippen LogP contribution in [0.15, 0.2) is 11.3 Å². The first kappa shape index (κ1) is 14.6. The maximum absolute atomic E-state index is 12.4. The van der Waals surface area contributed by atoms with Crippen LogP contribution in [-0.2, 0) is 19.1 Å². The van der Waals surface area contributed by atoms with Crippen LogP contribution < -0.4 is 0 Å². The summed E-state index contributed by atoms with van der Waals surface area (Å²) in [5.41, 5.74) is -0.553. The standard InChI is InChI=1S/C14H20O4/c1-7(2)10(15)9-11(16)8(3)13(18-6)14(4,5)12(9)17/h7,9H,1-6H3/t9-/m1/s1. The predicted octanol–water partition coefficient (Wildman–Crippen LogP) is 1.93. The van der Waals surface area contributed by atoms with Crippen molar-refractivity contribution in [2.24, 2.45) is 17.3 Å².